The molecule has 4 heterocycles. The van der Waals surface area contributed by atoms with Gasteiger partial charge in [-0.25, -0.2) is 18.4 Å². The van der Waals surface area contributed by atoms with Gasteiger partial charge in [-0.3, -0.25) is 9.59 Å². The third-order valence-electron chi connectivity index (χ3n) is 13.8. The molecule has 20 heteroatoms. The number of carbonyl (C=O) groups is 2. The predicted octanol–water partition coefficient (Wildman–Crippen LogP) is 8.32. The minimum Gasteiger partial charge on any atom is -0.496 e. The number of fused-ring (bicyclic) bond motifs is 2. The van der Waals surface area contributed by atoms with E-state index in [0.29, 0.717) is 97.4 Å². The standard InChI is InChI=1S/C28H32ClFN2O6.C27H30ClFN2O6/c1-16(2)24(15-33)32-14-21(28(35)37-4)27(34)20-11-17(25(36-3)13-23(20)32)9-18-10-19(12-22(29)26(18)30)31-5-7-38-8-6-31;1-15(2)23(14-32)31-13-20(27(34)35)26(33)19-10-16(24(36-3)12-22(19)31)8-17-9-18(11-21(28)25(17)29)30-4-6-37-7-5-30/h10-14,16,24,33H,5-9,15H2,1-4H3;9-13,15,23,32H,4-8,14H2,1-3H3,(H,34,35)/t24-;23-/m11/s1. The first-order valence-electron chi connectivity index (χ1n) is 24.5. The van der Waals surface area contributed by atoms with Crippen LogP contribution < -0.4 is 30.1 Å². The van der Waals surface area contributed by atoms with E-state index in [-0.39, 0.29) is 64.3 Å². The Kier molecular flexibility index (Phi) is 18.5. The van der Waals surface area contributed by atoms with Crippen molar-refractivity contribution in [3.8, 4) is 11.5 Å². The van der Waals surface area contributed by atoms with Crippen molar-refractivity contribution < 1.29 is 57.4 Å². The van der Waals surface area contributed by atoms with Gasteiger partial charge in [-0.05, 0) is 70.5 Å². The molecule has 75 heavy (non-hydrogen) atoms. The van der Waals surface area contributed by atoms with E-state index in [2.05, 4.69) is 9.80 Å². The second-order valence-corrected chi connectivity index (χ2v) is 19.9. The SMILES string of the molecule is COC(=O)c1cn([C@H](CO)C(C)C)c2cc(OC)c(Cc3cc(N4CCOCC4)cc(Cl)c3F)cc2c1=O.COc1cc2c(cc1Cc1cc(N3CCOCC3)cc(Cl)c1F)c(=O)c(C(=O)O)cn2[C@H](CO)C(C)C. The maximum atomic E-state index is 15.2. The zero-order valence-corrected chi connectivity index (χ0v) is 44.4. The van der Waals surface area contributed by atoms with Crippen LogP contribution in [0.1, 0.15) is 82.7 Å². The minimum atomic E-state index is -1.37. The van der Waals surface area contributed by atoms with Gasteiger partial charge in [0.05, 0.1) is 94.1 Å². The van der Waals surface area contributed by atoms with Crippen molar-refractivity contribution in [1.82, 2.24) is 9.13 Å². The number of halogens is 4. The van der Waals surface area contributed by atoms with Crippen molar-refractivity contribution in [2.24, 2.45) is 11.8 Å². The molecule has 2 aromatic heterocycles. The van der Waals surface area contributed by atoms with Crippen molar-refractivity contribution in [2.45, 2.75) is 52.6 Å². The number of hydrogen-bond acceptors (Lipinski definition) is 13. The fourth-order valence-electron chi connectivity index (χ4n) is 9.63. The normalized spacial score (nSPS) is 14.8. The smallest absolute Gasteiger partial charge is 0.343 e. The highest BCUT2D eigenvalue weighted by Crippen LogP contribution is 2.36. The number of ether oxygens (including phenoxy) is 5. The molecule has 2 saturated heterocycles. The Morgan fingerprint density at radius 3 is 1.35 bits per heavy atom. The van der Waals surface area contributed by atoms with Crippen LogP contribution in [-0.4, -0.2) is 124 Å². The number of carboxylic acids is 1. The maximum Gasteiger partial charge on any atom is 0.343 e. The number of aromatic carboxylic acids is 1. The molecule has 2 aliphatic rings. The summed E-state index contributed by atoms with van der Waals surface area (Å²) in [5.74, 6) is -2.50. The molecule has 2 atom stereocenters. The maximum absolute atomic E-state index is 15.2. The number of anilines is 2. The summed E-state index contributed by atoms with van der Waals surface area (Å²) in [6.07, 6.45) is 2.84. The number of aromatic nitrogens is 2. The number of rotatable bonds is 16. The summed E-state index contributed by atoms with van der Waals surface area (Å²) < 4.78 is 60.6. The molecule has 402 valence electrons. The lowest BCUT2D eigenvalue weighted by molar-refractivity contribution is 0.0596. The molecule has 0 aliphatic carbocycles. The fourth-order valence-corrected chi connectivity index (χ4v) is 10.1. The summed E-state index contributed by atoms with van der Waals surface area (Å²) in [6.45, 7) is 12.1. The van der Waals surface area contributed by atoms with E-state index in [1.807, 2.05) is 27.7 Å². The molecule has 0 saturated carbocycles. The monoisotopic (exact) mass is 1080 g/mol. The minimum absolute atomic E-state index is 0.00167. The summed E-state index contributed by atoms with van der Waals surface area (Å²) >= 11 is 12.5. The van der Waals surface area contributed by atoms with Gasteiger partial charge in [0.2, 0.25) is 10.9 Å². The molecule has 8 rings (SSSR count). The third kappa shape index (κ3) is 12.1. The van der Waals surface area contributed by atoms with Crippen molar-refractivity contribution in [3.63, 3.8) is 0 Å². The molecular weight excluding hydrogens is 1020 g/mol. The Hall–Kier alpha value is -6.28. The number of morpholine rings is 2. The molecule has 4 aromatic carbocycles. The van der Waals surface area contributed by atoms with E-state index in [1.54, 1.807) is 57.7 Å². The van der Waals surface area contributed by atoms with Crippen molar-refractivity contribution >= 4 is 68.3 Å². The first-order valence-corrected chi connectivity index (χ1v) is 25.3. The molecule has 0 unspecified atom stereocenters. The first kappa shape index (κ1) is 56.4. The van der Waals surface area contributed by atoms with Gasteiger partial charge in [-0.15, -0.1) is 0 Å². The van der Waals surface area contributed by atoms with Crippen LogP contribution >= 0.6 is 23.2 Å². The number of nitrogens with zero attached hydrogens (tertiary/aromatic N) is 4. The molecule has 0 radical (unpaired) electrons. The van der Waals surface area contributed by atoms with E-state index in [1.165, 1.54) is 33.7 Å². The molecule has 3 N–H and O–H groups in total. The molecule has 0 amide bonds. The second kappa shape index (κ2) is 24.6. The van der Waals surface area contributed by atoms with Gasteiger partial charge in [0.1, 0.15) is 34.3 Å². The summed E-state index contributed by atoms with van der Waals surface area (Å²) in [5.41, 5.74) is 2.41. The van der Waals surface area contributed by atoms with Gasteiger partial charge in [-0.1, -0.05) is 50.9 Å². The Bertz CT molecular complexity index is 3210. The van der Waals surface area contributed by atoms with Crippen molar-refractivity contribution in [1.29, 1.82) is 0 Å². The largest absolute Gasteiger partial charge is 0.496 e. The van der Waals surface area contributed by atoms with Crippen LogP contribution in [0.5, 0.6) is 11.5 Å². The predicted molar refractivity (Wildman–Crippen MR) is 284 cm³/mol. The molecule has 6 aromatic rings. The number of aliphatic hydroxyl groups excluding tert-OH is 2. The molecule has 0 bridgehead atoms. The second-order valence-electron chi connectivity index (χ2n) is 19.1. The van der Waals surface area contributed by atoms with Crippen LogP contribution in [0.15, 0.2) is 70.5 Å². The molecule has 0 spiro atoms. The van der Waals surface area contributed by atoms with Crippen LogP contribution in [-0.2, 0) is 27.1 Å². The highest BCUT2D eigenvalue weighted by atomic mass is 35.5. The molecule has 16 nitrogen and oxygen atoms in total. The number of esters is 1. The zero-order chi connectivity index (χ0) is 54.4. The Balaban J connectivity index is 0.000000219. The topological polar surface area (TPSA) is 191 Å². The van der Waals surface area contributed by atoms with Gasteiger partial charge < -0.3 is 57.9 Å². The highest BCUT2D eigenvalue weighted by Gasteiger charge is 2.27. The lowest BCUT2D eigenvalue weighted by Gasteiger charge is -2.29. The van der Waals surface area contributed by atoms with Gasteiger partial charge in [0, 0.05) is 85.7 Å². The number of hydrogen-bond donors (Lipinski definition) is 3. The fraction of sp³-hybridized carbons (Fsp3) is 0.418. The number of methoxy groups -OCH3 is 3. The summed E-state index contributed by atoms with van der Waals surface area (Å²) in [4.78, 5) is 55.1. The van der Waals surface area contributed by atoms with Crippen LogP contribution in [0.2, 0.25) is 10.0 Å². The quantitative estimate of drug-likeness (QED) is 0.0784. The Morgan fingerprint density at radius 1 is 0.613 bits per heavy atom. The summed E-state index contributed by atoms with van der Waals surface area (Å²) in [7, 11) is 4.17. The molecular formula is C55H62Cl2F2N4O12. The summed E-state index contributed by atoms with van der Waals surface area (Å²) in [5, 5.41) is 30.2. The van der Waals surface area contributed by atoms with Gasteiger partial charge >= 0.3 is 11.9 Å². The van der Waals surface area contributed by atoms with E-state index in [9.17, 15) is 34.5 Å². The van der Waals surface area contributed by atoms with E-state index in [0.717, 1.165) is 11.4 Å². The average molecular weight is 1080 g/mol. The van der Waals surface area contributed by atoms with Gasteiger partial charge in [0.25, 0.3) is 0 Å². The number of carboxylic acid groups (broad SMARTS) is 1. The van der Waals surface area contributed by atoms with Gasteiger partial charge in [-0.2, -0.15) is 0 Å². The van der Waals surface area contributed by atoms with E-state index >= 15 is 8.78 Å². The van der Waals surface area contributed by atoms with E-state index in [4.69, 9.17) is 46.9 Å². The van der Waals surface area contributed by atoms with Gasteiger partial charge in [0.15, 0.2) is 0 Å². The number of carbonyl (C=O) groups excluding carboxylic acids is 1. The third-order valence-corrected chi connectivity index (χ3v) is 14.4. The molecule has 2 aliphatic heterocycles. The number of pyridine rings is 2. The number of benzene rings is 4. The Labute approximate surface area is 442 Å². The first-order chi connectivity index (χ1) is 35.8. The van der Waals surface area contributed by atoms with Crippen LogP contribution in [0.3, 0.4) is 0 Å². The van der Waals surface area contributed by atoms with Crippen LogP contribution in [0, 0.1) is 23.5 Å². The molecule has 2 fully saturated rings. The van der Waals surface area contributed by atoms with Crippen molar-refractivity contribution in [3.05, 3.63) is 136 Å². The lowest BCUT2D eigenvalue weighted by Crippen LogP contribution is -2.36. The van der Waals surface area contributed by atoms with Crippen molar-refractivity contribution in [2.75, 3.05) is 96.9 Å². The average Bonchev–Trinajstić information content (AvgIpc) is 3.41. The Morgan fingerprint density at radius 2 is 1.00 bits per heavy atom. The van der Waals surface area contributed by atoms with Crippen LogP contribution in [0.25, 0.3) is 21.8 Å². The summed E-state index contributed by atoms with van der Waals surface area (Å²) in [6, 6.07) is 12.2. The highest BCUT2D eigenvalue weighted by molar-refractivity contribution is 6.31. The van der Waals surface area contributed by atoms with Crippen LogP contribution in [0.4, 0.5) is 20.2 Å². The lowest BCUT2D eigenvalue weighted by atomic mass is 9.98. The zero-order valence-electron chi connectivity index (χ0n) is 42.9. The van der Waals surface area contributed by atoms with E-state index < -0.39 is 52.1 Å². The number of aliphatic hydroxyl groups is 2.